The molecule has 5 aromatic carbocycles. The van der Waals surface area contributed by atoms with E-state index in [0.717, 1.165) is 17.3 Å². The van der Waals surface area contributed by atoms with Crippen molar-refractivity contribution in [2.75, 3.05) is 5.73 Å². The summed E-state index contributed by atoms with van der Waals surface area (Å²) in [6.07, 6.45) is 6.76. The highest BCUT2D eigenvalue weighted by Gasteiger charge is 2.55. The standard InChI is InChI=1S/C41H36FNO/c1-40(2)37-22-21-34-33-20-18-32(43)23-30(33)15-19-35(34)36(37)24-38(39(44)29-13-16-31(42)17-14-29)41(40,25-27-9-5-3-6-10-27)26-28-11-7-4-8-12-28/h3-14,16-24,38H,15,25-26,43H2,1-2H3. The van der Waals surface area contributed by atoms with Gasteiger partial charge in [-0.25, -0.2) is 4.39 Å². The van der Waals surface area contributed by atoms with Gasteiger partial charge >= 0.3 is 0 Å². The van der Waals surface area contributed by atoms with E-state index in [2.05, 4.69) is 98.8 Å². The van der Waals surface area contributed by atoms with Crippen molar-refractivity contribution in [1.29, 1.82) is 0 Å². The summed E-state index contributed by atoms with van der Waals surface area (Å²) in [6, 6.07) is 37.8. The van der Waals surface area contributed by atoms with E-state index in [1.165, 1.54) is 50.7 Å². The molecule has 1 unspecified atom stereocenters. The van der Waals surface area contributed by atoms with Crippen molar-refractivity contribution in [2.24, 2.45) is 11.3 Å². The van der Waals surface area contributed by atoms with Gasteiger partial charge in [0.25, 0.3) is 0 Å². The summed E-state index contributed by atoms with van der Waals surface area (Å²) in [5.74, 6) is -0.775. The van der Waals surface area contributed by atoms with Crippen LogP contribution in [0.2, 0.25) is 0 Å². The Kier molecular flexibility index (Phi) is 6.85. The van der Waals surface area contributed by atoms with Crippen LogP contribution in [-0.4, -0.2) is 5.78 Å². The topological polar surface area (TPSA) is 43.1 Å². The number of carbonyl (C=O) groups is 1. The van der Waals surface area contributed by atoms with Crippen LogP contribution >= 0.6 is 0 Å². The van der Waals surface area contributed by atoms with Gasteiger partial charge in [0.1, 0.15) is 5.82 Å². The van der Waals surface area contributed by atoms with Crippen molar-refractivity contribution in [3.63, 3.8) is 0 Å². The van der Waals surface area contributed by atoms with Gasteiger partial charge in [0.15, 0.2) is 5.78 Å². The monoisotopic (exact) mass is 577 g/mol. The van der Waals surface area contributed by atoms with Crippen molar-refractivity contribution in [3.8, 4) is 11.1 Å². The van der Waals surface area contributed by atoms with Crippen LogP contribution in [0.1, 0.15) is 46.5 Å². The van der Waals surface area contributed by atoms with E-state index < -0.39 is 16.7 Å². The summed E-state index contributed by atoms with van der Waals surface area (Å²) in [6.45, 7) is 4.64. The maximum atomic E-state index is 14.8. The summed E-state index contributed by atoms with van der Waals surface area (Å²) >= 11 is 0. The number of halogens is 1. The molecular weight excluding hydrogens is 541 g/mol. The van der Waals surface area contributed by atoms with Crippen LogP contribution in [0, 0.1) is 17.2 Å². The minimum Gasteiger partial charge on any atom is -0.399 e. The first-order chi connectivity index (χ1) is 21.3. The highest BCUT2D eigenvalue weighted by atomic mass is 19.1. The molecule has 0 heterocycles. The predicted molar refractivity (Wildman–Crippen MR) is 178 cm³/mol. The molecule has 0 aliphatic heterocycles. The van der Waals surface area contributed by atoms with Gasteiger partial charge < -0.3 is 5.73 Å². The van der Waals surface area contributed by atoms with Crippen LogP contribution in [0.15, 0.2) is 115 Å². The molecule has 2 N–H and O–H groups in total. The average molecular weight is 578 g/mol. The number of fused-ring (bicyclic) bond motifs is 5. The lowest BCUT2D eigenvalue weighted by Gasteiger charge is -2.54. The highest BCUT2D eigenvalue weighted by molar-refractivity contribution is 6.02. The van der Waals surface area contributed by atoms with E-state index in [9.17, 15) is 9.18 Å². The lowest BCUT2D eigenvalue weighted by atomic mass is 9.48. The van der Waals surface area contributed by atoms with Crippen LogP contribution in [0.5, 0.6) is 0 Å². The fourth-order valence-corrected chi connectivity index (χ4v) is 7.82. The van der Waals surface area contributed by atoms with Crippen molar-refractivity contribution in [1.82, 2.24) is 0 Å². The number of hydrogen-bond acceptors (Lipinski definition) is 2. The molecule has 0 saturated carbocycles. The number of nitrogen functional groups attached to an aromatic ring is 1. The molecule has 5 aromatic rings. The van der Waals surface area contributed by atoms with Crippen molar-refractivity contribution < 1.29 is 9.18 Å². The van der Waals surface area contributed by atoms with Gasteiger partial charge in [0, 0.05) is 22.6 Å². The Morgan fingerprint density at radius 1 is 0.773 bits per heavy atom. The number of benzene rings is 5. The zero-order chi connectivity index (χ0) is 30.5. The van der Waals surface area contributed by atoms with E-state index in [1.807, 2.05) is 18.2 Å². The third kappa shape index (κ3) is 4.59. The second-order valence-corrected chi connectivity index (χ2v) is 12.9. The molecule has 1 atom stereocenters. The number of hydrogen-bond donors (Lipinski definition) is 1. The number of ketones is 1. The number of nitrogens with two attached hydrogens (primary N) is 1. The van der Waals surface area contributed by atoms with Crippen molar-refractivity contribution in [3.05, 3.63) is 159 Å². The Labute approximate surface area is 258 Å². The van der Waals surface area contributed by atoms with Crippen molar-refractivity contribution in [2.45, 2.75) is 38.5 Å². The number of rotatable bonds is 6. The van der Waals surface area contributed by atoms with E-state index in [-0.39, 0.29) is 11.6 Å². The fraction of sp³-hybridized carbons (Fsp3) is 0.195. The molecule has 218 valence electrons. The molecule has 2 nitrogen and oxygen atoms in total. The lowest BCUT2D eigenvalue weighted by molar-refractivity contribution is 0.0589. The Morgan fingerprint density at radius 2 is 1.39 bits per heavy atom. The quantitative estimate of drug-likeness (QED) is 0.168. The Morgan fingerprint density at radius 3 is 2.02 bits per heavy atom. The van der Waals surface area contributed by atoms with Gasteiger partial charge in [-0.3, -0.25) is 4.79 Å². The molecular formula is C41H36FNO. The van der Waals surface area contributed by atoms with Crippen LogP contribution < -0.4 is 16.2 Å². The fourth-order valence-electron chi connectivity index (χ4n) is 7.82. The van der Waals surface area contributed by atoms with Gasteiger partial charge in [-0.05, 0) is 105 Å². The molecule has 0 fully saturated rings. The zero-order valence-corrected chi connectivity index (χ0v) is 25.2. The van der Waals surface area contributed by atoms with Gasteiger partial charge in [-0.1, -0.05) is 105 Å². The highest BCUT2D eigenvalue weighted by Crippen LogP contribution is 2.54. The Hall–Kier alpha value is -4.76. The largest absolute Gasteiger partial charge is 0.399 e. The van der Waals surface area contributed by atoms with Crippen LogP contribution in [-0.2, 0) is 24.7 Å². The third-order valence-electron chi connectivity index (χ3n) is 10.2. The molecule has 0 amide bonds. The zero-order valence-electron chi connectivity index (χ0n) is 25.2. The summed E-state index contributed by atoms with van der Waals surface area (Å²) in [7, 11) is 0. The second-order valence-electron chi connectivity index (χ2n) is 12.9. The summed E-state index contributed by atoms with van der Waals surface area (Å²) in [5.41, 5.74) is 13.7. The Balaban J connectivity index is 1.52. The van der Waals surface area contributed by atoms with Crippen LogP contribution in [0.4, 0.5) is 10.1 Å². The van der Waals surface area contributed by atoms with Gasteiger partial charge in [0.05, 0.1) is 0 Å². The molecule has 0 aromatic heterocycles. The summed E-state index contributed by atoms with van der Waals surface area (Å²) < 4.78 is 14.0. The molecule has 2 aliphatic carbocycles. The number of carbonyl (C=O) groups excluding carboxylic acids is 1. The lowest BCUT2D eigenvalue weighted by Crippen LogP contribution is -2.58. The van der Waals surface area contributed by atoms with Crippen LogP contribution in [0.25, 0.3) is 23.3 Å². The van der Waals surface area contributed by atoms with Crippen LogP contribution in [0.3, 0.4) is 0 Å². The normalized spacial score (nSPS) is 17.3. The maximum absolute atomic E-state index is 14.8. The maximum Gasteiger partial charge on any atom is 0.170 e. The van der Waals surface area contributed by atoms with Gasteiger partial charge in [-0.15, -0.1) is 0 Å². The van der Waals surface area contributed by atoms with Crippen molar-refractivity contribution >= 4 is 23.6 Å². The minimum atomic E-state index is -0.510. The molecule has 0 saturated heterocycles. The summed E-state index contributed by atoms with van der Waals surface area (Å²) in [5, 5.41) is 2.31. The average Bonchev–Trinajstić information content (AvgIpc) is 3.03. The van der Waals surface area contributed by atoms with E-state index in [4.69, 9.17) is 5.73 Å². The molecule has 0 spiro atoms. The van der Waals surface area contributed by atoms with Gasteiger partial charge in [-0.2, -0.15) is 0 Å². The third-order valence-corrected chi connectivity index (χ3v) is 10.2. The Bertz CT molecular complexity index is 1950. The minimum absolute atomic E-state index is 0.0252. The first-order valence-corrected chi connectivity index (χ1v) is 15.4. The molecule has 44 heavy (non-hydrogen) atoms. The second kappa shape index (κ2) is 10.7. The molecule has 7 rings (SSSR count). The van der Waals surface area contributed by atoms with E-state index >= 15 is 0 Å². The number of anilines is 1. The first-order valence-electron chi connectivity index (χ1n) is 15.4. The van der Waals surface area contributed by atoms with E-state index in [0.29, 0.717) is 18.4 Å². The van der Waals surface area contributed by atoms with Gasteiger partial charge in [0.2, 0.25) is 0 Å². The molecule has 0 radical (unpaired) electrons. The molecule has 2 aliphatic rings. The van der Waals surface area contributed by atoms with E-state index in [1.54, 1.807) is 12.1 Å². The molecule has 0 bridgehead atoms. The number of Topliss-reactive ketones (excluding diaryl/α,β-unsaturated/α-hetero) is 1. The molecule has 3 heteroatoms. The SMILES string of the molecule is CC1(C)c2ccc3c(c2=CC(C(=O)c2ccc(F)cc2)C1(Cc1ccccc1)Cc1ccccc1)=CCc1cc(N)ccc1-3. The predicted octanol–water partition coefficient (Wildman–Crippen LogP) is 7.45. The first kappa shape index (κ1) is 28.0. The smallest absolute Gasteiger partial charge is 0.170 e. The summed E-state index contributed by atoms with van der Waals surface area (Å²) in [4.78, 5) is 14.8.